The number of nitrogens with two attached hydrogens (primary N) is 1. The maximum atomic E-state index is 12.0. The number of aryl methyl sites for hydroxylation is 1. The smallest absolute Gasteiger partial charge is 0.335 e. The first kappa shape index (κ1) is 14.6. The number of carbonyl (C=O) groups is 2. The lowest BCUT2D eigenvalue weighted by molar-refractivity contribution is 0.0696. The number of aromatic carboxylic acids is 1. The molecule has 2 aromatic carbocycles. The van der Waals surface area contributed by atoms with Gasteiger partial charge in [-0.25, -0.2) is 4.79 Å². The van der Waals surface area contributed by atoms with Gasteiger partial charge in [-0.15, -0.1) is 0 Å². The van der Waals surface area contributed by atoms with Crippen molar-refractivity contribution in [1.29, 1.82) is 0 Å². The van der Waals surface area contributed by atoms with Crippen LogP contribution in [-0.2, 0) is 6.54 Å². The maximum absolute atomic E-state index is 12.0. The fraction of sp³-hybridized carbons (Fsp3) is 0.125. The molecule has 0 aromatic heterocycles. The summed E-state index contributed by atoms with van der Waals surface area (Å²) in [5.74, 6) is -1.21. The summed E-state index contributed by atoms with van der Waals surface area (Å²) in [5, 5.41) is 11.7. The van der Waals surface area contributed by atoms with Gasteiger partial charge in [-0.2, -0.15) is 0 Å². The average molecular weight is 284 g/mol. The molecule has 2 rings (SSSR count). The van der Waals surface area contributed by atoms with Gasteiger partial charge in [0.05, 0.1) is 5.56 Å². The summed E-state index contributed by atoms with van der Waals surface area (Å²) in [6, 6.07) is 11.5. The third-order valence-corrected chi connectivity index (χ3v) is 3.16. The molecule has 0 saturated carbocycles. The summed E-state index contributed by atoms with van der Waals surface area (Å²) in [7, 11) is 0. The van der Waals surface area contributed by atoms with Gasteiger partial charge in [0.2, 0.25) is 0 Å². The van der Waals surface area contributed by atoms with Crippen LogP contribution in [0.1, 0.15) is 31.8 Å². The van der Waals surface area contributed by atoms with Gasteiger partial charge >= 0.3 is 5.97 Å². The topological polar surface area (TPSA) is 92.4 Å². The summed E-state index contributed by atoms with van der Waals surface area (Å²) in [6.45, 7) is 2.10. The fourth-order valence-corrected chi connectivity index (χ4v) is 1.92. The van der Waals surface area contributed by atoms with E-state index in [1.807, 2.05) is 6.92 Å². The van der Waals surface area contributed by atoms with Crippen molar-refractivity contribution >= 4 is 17.6 Å². The van der Waals surface area contributed by atoms with Crippen LogP contribution in [0.4, 0.5) is 5.69 Å². The van der Waals surface area contributed by atoms with Crippen molar-refractivity contribution < 1.29 is 14.7 Å². The number of nitrogen functional groups attached to an aromatic ring is 1. The molecule has 0 atom stereocenters. The van der Waals surface area contributed by atoms with E-state index in [-0.39, 0.29) is 18.0 Å². The Balaban J connectivity index is 2.05. The molecule has 5 nitrogen and oxygen atoms in total. The summed E-state index contributed by atoms with van der Waals surface area (Å²) in [5.41, 5.74) is 8.65. The Morgan fingerprint density at radius 3 is 2.57 bits per heavy atom. The predicted octanol–water partition coefficient (Wildman–Crippen LogP) is 2.21. The van der Waals surface area contributed by atoms with Crippen LogP contribution in [0.3, 0.4) is 0 Å². The van der Waals surface area contributed by atoms with E-state index in [1.54, 1.807) is 30.3 Å². The molecule has 0 spiro atoms. The number of carbonyl (C=O) groups excluding carboxylic acids is 1. The largest absolute Gasteiger partial charge is 0.478 e. The molecule has 0 fully saturated rings. The number of carboxylic acid groups (broad SMARTS) is 1. The quantitative estimate of drug-likeness (QED) is 0.750. The molecule has 108 valence electrons. The minimum absolute atomic E-state index is 0.199. The summed E-state index contributed by atoms with van der Waals surface area (Å²) in [4.78, 5) is 22.9. The number of hydrogen-bond donors (Lipinski definition) is 3. The molecular weight excluding hydrogens is 268 g/mol. The van der Waals surface area contributed by atoms with Gasteiger partial charge in [-0.1, -0.05) is 12.1 Å². The molecule has 0 bridgehead atoms. The number of carboxylic acids is 1. The highest BCUT2D eigenvalue weighted by molar-refractivity contribution is 5.94. The van der Waals surface area contributed by atoms with E-state index < -0.39 is 5.97 Å². The van der Waals surface area contributed by atoms with Gasteiger partial charge in [-0.3, -0.25) is 4.79 Å². The van der Waals surface area contributed by atoms with Crippen LogP contribution in [0.5, 0.6) is 0 Å². The maximum Gasteiger partial charge on any atom is 0.335 e. The third-order valence-electron chi connectivity index (χ3n) is 3.16. The number of amides is 1. The molecule has 0 radical (unpaired) electrons. The Morgan fingerprint density at radius 2 is 1.90 bits per heavy atom. The van der Waals surface area contributed by atoms with Crippen LogP contribution in [0.15, 0.2) is 42.5 Å². The van der Waals surface area contributed by atoms with Gasteiger partial charge in [0, 0.05) is 17.8 Å². The number of anilines is 1. The zero-order valence-electron chi connectivity index (χ0n) is 11.6. The Hall–Kier alpha value is -2.82. The van der Waals surface area contributed by atoms with Crippen LogP contribution in [-0.4, -0.2) is 17.0 Å². The number of rotatable bonds is 4. The second-order valence-electron chi connectivity index (χ2n) is 4.76. The standard InChI is InChI=1S/C16H16N2O3/c1-10-7-12(5-6-14(10)17)15(19)18-9-11-3-2-4-13(8-11)16(20)21/h2-8H,9,17H2,1H3,(H,18,19)(H,20,21). The van der Waals surface area contributed by atoms with Crippen LogP contribution in [0.25, 0.3) is 0 Å². The van der Waals surface area contributed by atoms with Crippen molar-refractivity contribution in [1.82, 2.24) is 5.32 Å². The van der Waals surface area contributed by atoms with Crippen LogP contribution in [0, 0.1) is 6.92 Å². The lowest BCUT2D eigenvalue weighted by atomic mass is 10.1. The minimum atomic E-state index is -0.989. The van der Waals surface area contributed by atoms with Gasteiger partial charge < -0.3 is 16.2 Å². The van der Waals surface area contributed by atoms with Gasteiger partial charge in [-0.05, 0) is 48.4 Å². The molecule has 0 aliphatic rings. The van der Waals surface area contributed by atoms with Gasteiger partial charge in [0.1, 0.15) is 0 Å². The lowest BCUT2D eigenvalue weighted by Crippen LogP contribution is -2.23. The molecule has 21 heavy (non-hydrogen) atoms. The van der Waals surface area contributed by atoms with Crippen molar-refractivity contribution in [3.63, 3.8) is 0 Å². The normalized spacial score (nSPS) is 10.1. The first-order valence-electron chi connectivity index (χ1n) is 6.44. The molecule has 1 amide bonds. The van der Waals surface area contributed by atoms with E-state index in [9.17, 15) is 9.59 Å². The molecular formula is C16H16N2O3. The molecule has 5 heteroatoms. The lowest BCUT2D eigenvalue weighted by Gasteiger charge is -2.08. The van der Waals surface area contributed by atoms with Gasteiger partial charge in [0.25, 0.3) is 5.91 Å². The Labute approximate surface area is 122 Å². The first-order valence-corrected chi connectivity index (χ1v) is 6.44. The zero-order valence-corrected chi connectivity index (χ0v) is 11.6. The molecule has 0 aliphatic carbocycles. The average Bonchev–Trinajstić information content (AvgIpc) is 2.48. The predicted molar refractivity (Wildman–Crippen MR) is 80.2 cm³/mol. The van der Waals surface area contributed by atoms with Gasteiger partial charge in [0.15, 0.2) is 0 Å². The Kier molecular flexibility index (Phi) is 4.23. The highest BCUT2D eigenvalue weighted by Crippen LogP contribution is 2.13. The molecule has 2 aromatic rings. The highest BCUT2D eigenvalue weighted by Gasteiger charge is 2.08. The summed E-state index contributed by atoms with van der Waals surface area (Å²) >= 11 is 0. The minimum Gasteiger partial charge on any atom is -0.478 e. The number of benzene rings is 2. The second kappa shape index (κ2) is 6.09. The number of hydrogen-bond acceptors (Lipinski definition) is 3. The van der Waals surface area contributed by atoms with Crippen LogP contribution >= 0.6 is 0 Å². The zero-order chi connectivity index (χ0) is 15.4. The molecule has 0 aliphatic heterocycles. The van der Waals surface area contributed by atoms with Crippen molar-refractivity contribution in [2.75, 3.05) is 5.73 Å². The first-order chi connectivity index (χ1) is 9.97. The molecule has 0 saturated heterocycles. The van der Waals surface area contributed by atoms with Crippen LogP contribution in [0.2, 0.25) is 0 Å². The third kappa shape index (κ3) is 3.60. The fourth-order valence-electron chi connectivity index (χ4n) is 1.92. The van der Waals surface area contributed by atoms with Crippen molar-refractivity contribution in [2.45, 2.75) is 13.5 Å². The Morgan fingerprint density at radius 1 is 1.14 bits per heavy atom. The van der Waals surface area contributed by atoms with Crippen molar-refractivity contribution in [3.05, 3.63) is 64.7 Å². The SMILES string of the molecule is Cc1cc(C(=O)NCc2cccc(C(=O)O)c2)ccc1N. The Bertz CT molecular complexity index is 696. The van der Waals surface area contributed by atoms with E-state index in [1.165, 1.54) is 12.1 Å². The number of nitrogens with one attached hydrogen (secondary N) is 1. The molecule has 0 unspecified atom stereocenters. The summed E-state index contributed by atoms with van der Waals surface area (Å²) in [6.07, 6.45) is 0. The second-order valence-corrected chi connectivity index (χ2v) is 4.76. The van der Waals surface area contributed by atoms with Crippen LogP contribution < -0.4 is 11.1 Å². The molecule has 4 N–H and O–H groups in total. The molecule has 0 heterocycles. The van der Waals surface area contributed by atoms with Crippen molar-refractivity contribution in [3.8, 4) is 0 Å². The van der Waals surface area contributed by atoms with E-state index in [4.69, 9.17) is 10.8 Å². The highest BCUT2D eigenvalue weighted by atomic mass is 16.4. The monoisotopic (exact) mass is 284 g/mol. The van der Waals surface area contributed by atoms with E-state index in [2.05, 4.69) is 5.32 Å². The van der Waals surface area contributed by atoms with Crippen molar-refractivity contribution in [2.24, 2.45) is 0 Å². The van der Waals surface area contributed by atoms with E-state index >= 15 is 0 Å². The van der Waals surface area contributed by atoms with E-state index in [0.717, 1.165) is 11.1 Å². The van der Waals surface area contributed by atoms with E-state index in [0.29, 0.717) is 11.3 Å². The summed E-state index contributed by atoms with van der Waals surface area (Å²) < 4.78 is 0.